The van der Waals surface area contributed by atoms with Gasteiger partial charge in [0.25, 0.3) is 0 Å². The van der Waals surface area contributed by atoms with E-state index in [-0.39, 0.29) is 17.1 Å². The summed E-state index contributed by atoms with van der Waals surface area (Å²) in [5.41, 5.74) is 0.982. The molecule has 1 aromatic carbocycles. The number of carbonyl (C=O) groups excluding carboxylic acids is 2. The van der Waals surface area contributed by atoms with E-state index < -0.39 is 50.6 Å². The second-order valence-corrected chi connectivity index (χ2v) is 16.0. The fraction of sp³-hybridized carbons (Fsp3) is 0.643. The van der Waals surface area contributed by atoms with E-state index in [1.807, 2.05) is 30.3 Å². The molecule has 1 aromatic rings. The lowest BCUT2D eigenvalue weighted by molar-refractivity contribution is -0.203. The summed E-state index contributed by atoms with van der Waals surface area (Å²) in [4.78, 5) is 24.3. The Bertz CT molecular complexity index is 878. The van der Waals surface area contributed by atoms with Gasteiger partial charge in [0.15, 0.2) is 8.32 Å². The van der Waals surface area contributed by atoms with Crippen LogP contribution in [0.25, 0.3) is 0 Å². The number of benzene rings is 1. The minimum atomic E-state index is -2.23. The van der Waals surface area contributed by atoms with Crippen molar-refractivity contribution in [3.8, 4) is 0 Å². The van der Waals surface area contributed by atoms with Gasteiger partial charge in [-0.25, -0.2) is 0 Å². The van der Waals surface area contributed by atoms with E-state index in [2.05, 4.69) is 40.4 Å². The van der Waals surface area contributed by atoms with E-state index in [1.165, 1.54) is 13.8 Å². The predicted octanol–water partition coefficient (Wildman–Crippen LogP) is 5.03. The monoisotopic (exact) mass is 520 g/mol. The van der Waals surface area contributed by atoms with Gasteiger partial charge in [0.2, 0.25) is 0 Å². The van der Waals surface area contributed by atoms with E-state index in [1.54, 1.807) is 13.0 Å². The maximum absolute atomic E-state index is 12.2. The number of hydrogen-bond acceptors (Lipinski definition) is 7. The molecule has 202 valence electrons. The van der Waals surface area contributed by atoms with Gasteiger partial charge in [-0.15, -0.1) is 6.58 Å². The van der Waals surface area contributed by atoms with Crippen molar-refractivity contribution >= 4 is 20.3 Å². The van der Waals surface area contributed by atoms with Gasteiger partial charge >= 0.3 is 11.9 Å². The topological polar surface area (TPSA) is 91.3 Å². The number of rotatable bonds is 10. The Morgan fingerprint density at radius 3 is 2.22 bits per heavy atom. The first kappa shape index (κ1) is 30.2. The van der Waals surface area contributed by atoms with Crippen LogP contribution < -0.4 is 0 Å². The maximum atomic E-state index is 12.2. The number of hydrogen-bond donors (Lipinski definition) is 1. The van der Waals surface area contributed by atoms with Crippen molar-refractivity contribution in [2.75, 3.05) is 0 Å². The summed E-state index contributed by atoms with van der Waals surface area (Å²) < 4.78 is 24.7. The van der Waals surface area contributed by atoms with E-state index in [9.17, 15) is 14.7 Å². The third-order valence-corrected chi connectivity index (χ3v) is 11.9. The lowest BCUT2D eigenvalue weighted by Crippen LogP contribution is -2.60. The molecule has 0 bridgehead atoms. The van der Waals surface area contributed by atoms with Crippen LogP contribution in [0.3, 0.4) is 0 Å². The van der Waals surface area contributed by atoms with Gasteiger partial charge < -0.3 is 23.7 Å². The van der Waals surface area contributed by atoms with Crippen LogP contribution in [0.5, 0.6) is 0 Å². The largest absolute Gasteiger partial charge is 0.459 e. The van der Waals surface area contributed by atoms with E-state index in [0.29, 0.717) is 13.0 Å². The normalized spacial score (nSPS) is 26.5. The Hall–Kier alpha value is -2.00. The summed E-state index contributed by atoms with van der Waals surface area (Å²) >= 11 is 0. The minimum absolute atomic E-state index is 0.0408. The molecule has 1 saturated carbocycles. The van der Waals surface area contributed by atoms with Crippen LogP contribution in [0, 0.1) is 11.8 Å². The molecule has 36 heavy (non-hydrogen) atoms. The first-order valence-corrected chi connectivity index (χ1v) is 15.6. The Labute approximate surface area is 217 Å². The van der Waals surface area contributed by atoms with Crippen molar-refractivity contribution in [1.29, 1.82) is 0 Å². The van der Waals surface area contributed by atoms with Crippen LogP contribution in [0.1, 0.15) is 53.5 Å². The van der Waals surface area contributed by atoms with Gasteiger partial charge in [-0.05, 0) is 30.6 Å². The molecule has 7 nitrogen and oxygen atoms in total. The van der Waals surface area contributed by atoms with Crippen LogP contribution in [0.4, 0.5) is 0 Å². The highest BCUT2D eigenvalue weighted by Gasteiger charge is 2.53. The summed E-state index contributed by atoms with van der Waals surface area (Å²) in [6.45, 7) is 19.5. The zero-order chi connectivity index (χ0) is 27.3. The predicted molar refractivity (Wildman–Crippen MR) is 142 cm³/mol. The first-order chi connectivity index (χ1) is 16.7. The SMILES string of the molecule is C=C[C@@H]1[C@H]([C@H](OC(C)=O)[C@H](C)O)[C@H](OC(C)=O)[C@@H](OCc2ccccc2)C[C@H]1O[Si](C)(C)C(C)(C)C. The Balaban J connectivity index is 2.55. The summed E-state index contributed by atoms with van der Waals surface area (Å²) in [5, 5.41) is 10.7. The number of esters is 2. The maximum Gasteiger partial charge on any atom is 0.303 e. The first-order valence-electron chi connectivity index (χ1n) is 12.7. The third-order valence-electron chi connectivity index (χ3n) is 7.37. The Morgan fingerprint density at radius 1 is 1.14 bits per heavy atom. The van der Waals surface area contributed by atoms with Crippen LogP contribution >= 0.6 is 0 Å². The van der Waals surface area contributed by atoms with Gasteiger partial charge in [0.05, 0.1) is 24.9 Å². The molecule has 1 aliphatic rings. The van der Waals surface area contributed by atoms with Crippen LogP contribution in [-0.4, -0.2) is 55.9 Å². The fourth-order valence-corrected chi connectivity index (χ4v) is 5.97. The molecule has 0 aliphatic heterocycles. The molecule has 1 aliphatic carbocycles. The second kappa shape index (κ2) is 12.5. The van der Waals surface area contributed by atoms with Gasteiger partial charge in [-0.3, -0.25) is 9.59 Å². The highest BCUT2D eigenvalue weighted by Crippen LogP contribution is 2.45. The molecule has 1 fully saturated rings. The molecule has 0 spiro atoms. The average Bonchev–Trinajstić information content (AvgIpc) is 2.76. The van der Waals surface area contributed by atoms with E-state index >= 15 is 0 Å². The molecular weight excluding hydrogens is 476 g/mol. The van der Waals surface area contributed by atoms with Crippen molar-refractivity contribution in [2.24, 2.45) is 11.8 Å². The van der Waals surface area contributed by atoms with Crippen molar-refractivity contribution in [3.63, 3.8) is 0 Å². The quantitative estimate of drug-likeness (QED) is 0.263. The van der Waals surface area contributed by atoms with Gasteiger partial charge in [-0.1, -0.05) is 57.2 Å². The molecule has 0 amide bonds. The summed E-state index contributed by atoms with van der Waals surface area (Å²) in [6, 6.07) is 9.75. The highest BCUT2D eigenvalue weighted by atomic mass is 28.4. The van der Waals surface area contributed by atoms with Gasteiger partial charge in [-0.2, -0.15) is 0 Å². The van der Waals surface area contributed by atoms with Crippen LogP contribution in [0.2, 0.25) is 18.1 Å². The summed E-state index contributed by atoms with van der Waals surface area (Å²) in [5.74, 6) is -1.96. The minimum Gasteiger partial charge on any atom is -0.459 e. The molecule has 0 aromatic heterocycles. The number of carbonyl (C=O) groups is 2. The highest BCUT2D eigenvalue weighted by molar-refractivity contribution is 6.74. The van der Waals surface area contributed by atoms with Gasteiger partial charge in [0, 0.05) is 32.1 Å². The Morgan fingerprint density at radius 2 is 1.75 bits per heavy atom. The van der Waals surface area contributed by atoms with Crippen molar-refractivity contribution in [2.45, 2.75) is 103 Å². The molecule has 1 N–H and O–H groups in total. The fourth-order valence-electron chi connectivity index (χ4n) is 4.61. The zero-order valence-electron chi connectivity index (χ0n) is 23.0. The molecule has 0 radical (unpaired) electrons. The smallest absolute Gasteiger partial charge is 0.303 e. The third kappa shape index (κ3) is 7.75. The lowest BCUT2D eigenvalue weighted by atomic mass is 9.70. The molecule has 0 saturated heterocycles. The average molecular weight is 521 g/mol. The summed E-state index contributed by atoms with van der Waals surface area (Å²) in [6.07, 6.45) is -1.35. The summed E-state index contributed by atoms with van der Waals surface area (Å²) in [7, 11) is -2.23. The number of aliphatic hydroxyl groups excluding tert-OH is 1. The van der Waals surface area contributed by atoms with Crippen LogP contribution in [0.15, 0.2) is 43.0 Å². The molecular formula is C28H44O7Si. The standard InChI is InChI=1S/C28H44O7Si/c1-10-22-23(35-36(8,9)28(5,6)7)16-24(32-17-21-14-12-11-13-15-21)27(34-20(4)31)25(22)26(18(2)29)33-19(3)30/h10-15,18,22-27,29H,1,16-17H2,2-9H3/t18-,22-,23+,24-,25+,26+,27+/m0/s1. The number of ether oxygens (including phenoxy) is 3. The molecule has 8 heteroatoms. The molecule has 2 rings (SSSR count). The van der Waals surface area contributed by atoms with Crippen molar-refractivity contribution in [3.05, 3.63) is 48.6 Å². The molecule has 0 heterocycles. The lowest BCUT2D eigenvalue weighted by Gasteiger charge is -2.50. The van der Waals surface area contributed by atoms with E-state index in [4.69, 9.17) is 18.6 Å². The zero-order valence-corrected chi connectivity index (χ0v) is 24.0. The van der Waals surface area contributed by atoms with E-state index in [0.717, 1.165) is 5.56 Å². The molecule has 7 atom stereocenters. The van der Waals surface area contributed by atoms with Crippen molar-refractivity contribution < 1.29 is 33.3 Å². The second-order valence-electron chi connectivity index (χ2n) is 11.3. The Kier molecular flexibility index (Phi) is 10.5. The van der Waals surface area contributed by atoms with Gasteiger partial charge in [0.1, 0.15) is 12.2 Å². The van der Waals surface area contributed by atoms with Crippen molar-refractivity contribution in [1.82, 2.24) is 0 Å². The molecule has 0 unspecified atom stereocenters. The van der Waals surface area contributed by atoms with Crippen LogP contribution in [-0.2, 0) is 34.8 Å². The number of aliphatic hydroxyl groups is 1.